The number of H-pyrrole nitrogens is 1. The first-order chi connectivity index (χ1) is 13.9. The van der Waals surface area contributed by atoms with Crippen LogP contribution in [0.15, 0.2) is 24.3 Å². The molecule has 1 aromatic heterocycles. The minimum atomic E-state index is -0.730. The number of Topliss-reactive ketones (excluding diaryl/α,β-unsaturated/α-hetero) is 1. The van der Waals surface area contributed by atoms with Crippen molar-refractivity contribution in [1.29, 1.82) is 0 Å². The van der Waals surface area contributed by atoms with Gasteiger partial charge in [0.1, 0.15) is 5.69 Å². The number of benzene rings is 1. The van der Waals surface area contributed by atoms with Crippen molar-refractivity contribution in [1.82, 2.24) is 10.3 Å². The Balaban J connectivity index is 2.36. The number of aryl methyl sites for hydroxylation is 2. The lowest BCUT2D eigenvalue weighted by Crippen LogP contribution is -2.32. The molecule has 1 heterocycles. The highest BCUT2D eigenvalue weighted by Gasteiger charge is 2.29. The summed E-state index contributed by atoms with van der Waals surface area (Å²) < 4.78 is 10.4. The van der Waals surface area contributed by atoms with Crippen molar-refractivity contribution in [2.24, 2.45) is 0 Å². The maximum absolute atomic E-state index is 12.8. The minimum absolute atomic E-state index is 0.0803. The molecule has 156 valence electrons. The van der Waals surface area contributed by atoms with Crippen molar-refractivity contribution in [3.8, 4) is 11.1 Å². The molecule has 0 bridgehead atoms. The molecule has 0 fully saturated rings. The number of amides is 1. The van der Waals surface area contributed by atoms with Crippen LogP contribution in [0.1, 0.15) is 52.4 Å². The van der Waals surface area contributed by atoms with Crippen LogP contribution in [0.4, 0.5) is 0 Å². The van der Waals surface area contributed by atoms with Crippen LogP contribution in [0.2, 0.25) is 0 Å². The second kappa shape index (κ2) is 10.6. The SMILES string of the molecule is CCOCCCNC(=O)C(=O)c1[nH]c(C)c(C(=O)OCC)c1-c1ccc(C)cc1. The van der Waals surface area contributed by atoms with Gasteiger partial charge in [-0.15, -0.1) is 0 Å². The van der Waals surface area contributed by atoms with Gasteiger partial charge in [0.05, 0.1) is 12.2 Å². The number of nitrogens with one attached hydrogen (secondary N) is 2. The molecule has 0 saturated carbocycles. The van der Waals surface area contributed by atoms with Gasteiger partial charge in [-0.2, -0.15) is 0 Å². The molecule has 0 unspecified atom stereocenters. The average molecular weight is 400 g/mol. The van der Waals surface area contributed by atoms with E-state index >= 15 is 0 Å². The van der Waals surface area contributed by atoms with Crippen LogP contribution in [0.3, 0.4) is 0 Å². The van der Waals surface area contributed by atoms with E-state index in [2.05, 4.69) is 10.3 Å². The topological polar surface area (TPSA) is 97.5 Å². The van der Waals surface area contributed by atoms with Gasteiger partial charge in [-0.25, -0.2) is 4.79 Å². The number of ether oxygens (including phenoxy) is 2. The molecule has 0 aliphatic rings. The van der Waals surface area contributed by atoms with Gasteiger partial charge in [0.25, 0.3) is 11.7 Å². The first-order valence-electron chi connectivity index (χ1n) is 9.77. The zero-order chi connectivity index (χ0) is 21.4. The van der Waals surface area contributed by atoms with E-state index in [0.29, 0.717) is 43.0 Å². The second-order valence-corrected chi connectivity index (χ2v) is 6.60. The van der Waals surface area contributed by atoms with E-state index in [1.807, 2.05) is 38.1 Å². The van der Waals surface area contributed by atoms with Crippen molar-refractivity contribution in [3.05, 3.63) is 46.8 Å². The Kier molecular flexibility index (Phi) is 8.15. The van der Waals surface area contributed by atoms with E-state index in [-0.39, 0.29) is 17.9 Å². The van der Waals surface area contributed by atoms with Gasteiger partial charge in [0.2, 0.25) is 0 Å². The Labute approximate surface area is 170 Å². The minimum Gasteiger partial charge on any atom is -0.462 e. The van der Waals surface area contributed by atoms with Crippen molar-refractivity contribution < 1.29 is 23.9 Å². The van der Waals surface area contributed by atoms with Crippen LogP contribution < -0.4 is 5.32 Å². The van der Waals surface area contributed by atoms with Crippen LogP contribution in [0.25, 0.3) is 11.1 Å². The Morgan fingerprint density at radius 2 is 1.72 bits per heavy atom. The van der Waals surface area contributed by atoms with Crippen molar-refractivity contribution in [2.45, 2.75) is 34.1 Å². The molecular formula is C22H28N2O5. The number of rotatable bonds is 10. The zero-order valence-corrected chi connectivity index (χ0v) is 17.4. The fourth-order valence-corrected chi connectivity index (χ4v) is 2.98. The molecule has 0 radical (unpaired) electrons. The lowest BCUT2D eigenvalue weighted by molar-refractivity contribution is -0.117. The molecule has 0 aliphatic heterocycles. The normalized spacial score (nSPS) is 10.6. The standard InChI is InChI=1S/C22H28N2O5/c1-5-28-13-7-12-23-21(26)20(25)19-18(16-10-8-14(3)9-11-16)17(15(4)24-19)22(27)29-6-2/h8-11,24H,5-7,12-13H2,1-4H3,(H,23,26). The number of carbonyl (C=O) groups excluding carboxylic acids is 3. The third-order valence-corrected chi connectivity index (χ3v) is 4.40. The zero-order valence-electron chi connectivity index (χ0n) is 17.4. The molecule has 2 aromatic rings. The van der Waals surface area contributed by atoms with Crippen molar-refractivity contribution in [3.63, 3.8) is 0 Å². The van der Waals surface area contributed by atoms with Crippen molar-refractivity contribution >= 4 is 17.7 Å². The lowest BCUT2D eigenvalue weighted by atomic mass is 9.97. The summed E-state index contributed by atoms with van der Waals surface area (Å²) in [7, 11) is 0. The highest BCUT2D eigenvalue weighted by molar-refractivity contribution is 6.43. The fourth-order valence-electron chi connectivity index (χ4n) is 2.98. The number of aromatic nitrogens is 1. The fraction of sp³-hybridized carbons (Fsp3) is 0.409. The van der Waals surface area contributed by atoms with Gasteiger partial charge >= 0.3 is 5.97 Å². The summed E-state index contributed by atoms with van der Waals surface area (Å²) in [5, 5.41) is 2.61. The molecule has 1 amide bonds. The molecular weight excluding hydrogens is 372 g/mol. The number of aromatic amines is 1. The van der Waals surface area contributed by atoms with Crippen LogP contribution in [0.5, 0.6) is 0 Å². The van der Waals surface area contributed by atoms with E-state index in [1.54, 1.807) is 13.8 Å². The van der Waals surface area contributed by atoms with Gasteiger partial charge in [-0.3, -0.25) is 9.59 Å². The predicted molar refractivity (Wildman–Crippen MR) is 110 cm³/mol. The molecule has 7 heteroatoms. The van der Waals surface area contributed by atoms with Gasteiger partial charge in [-0.1, -0.05) is 29.8 Å². The molecule has 0 aliphatic carbocycles. The van der Waals surface area contributed by atoms with Crippen LogP contribution in [0, 0.1) is 13.8 Å². The van der Waals surface area contributed by atoms with E-state index in [9.17, 15) is 14.4 Å². The summed E-state index contributed by atoms with van der Waals surface area (Å²) in [4.78, 5) is 40.7. The van der Waals surface area contributed by atoms with E-state index in [4.69, 9.17) is 9.47 Å². The lowest BCUT2D eigenvalue weighted by Gasteiger charge is -2.09. The van der Waals surface area contributed by atoms with Gasteiger partial charge in [0.15, 0.2) is 0 Å². The molecule has 2 N–H and O–H groups in total. The quantitative estimate of drug-likeness (QED) is 0.276. The van der Waals surface area contributed by atoms with Crippen LogP contribution in [-0.4, -0.2) is 49.0 Å². The average Bonchev–Trinajstić information content (AvgIpc) is 3.05. The maximum Gasteiger partial charge on any atom is 0.340 e. The highest BCUT2D eigenvalue weighted by Crippen LogP contribution is 2.31. The first kappa shape index (κ1) is 22.4. The summed E-state index contributed by atoms with van der Waals surface area (Å²) >= 11 is 0. The number of carbonyl (C=O) groups is 3. The molecule has 0 atom stereocenters. The third kappa shape index (κ3) is 5.54. The Bertz CT molecular complexity index is 868. The summed E-state index contributed by atoms with van der Waals surface area (Å²) in [5.41, 5.74) is 2.91. The number of ketones is 1. The number of esters is 1. The van der Waals surface area contributed by atoms with Gasteiger partial charge in [0, 0.05) is 31.0 Å². The van der Waals surface area contributed by atoms with E-state index in [0.717, 1.165) is 5.56 Å². The van der Waals surface area contributed by atoms with Gasteiger partial charge < -0.3 is 19.8 Å². The van der Waals surface area contributed by atoms with Crippen molar-refractivity contribution in [2.75, 3.05) is 26.4 Å². The number of hydrogen-bond donors (Lipinski definition) is 2. The summed E-state index contributed by atoms with van der Waals surface area (Å²) in [6.45, 7) is 8.88. The molecule has 7 nitrogen and oxygen atoms in total. The smallest absolute Gasteiger partial charge is 0.340 e. The maximum atomic E-state index is 12.8. The highest BCUT2D eigenvalue weighted by atomic mass is 16.5. The van der Waals surface area contributed by atoms with Gasteiger partial charge in [-0.05, 0) is 39.7 Å². The van der Waals surface area contributed by atoms with Crippen LogP contribution >= 0.6 is 0 Å². The molecule has 1 aromatic carbocycles. The first-order valence-corrected chi connectivity index (χ1v) is 9.77. The van der Waals surface area contributed by atoms with Crippen LogP contribution in [-0.2, 0) is 14.3 Å². The second-order valence-electron chi connectivity index (χ2n) is 6.60. The Morgan fingerprint density at radius 1 is 1.03 bits per heavy atom. The molecule has 0 saturated heterocycles. The summed E-state index contributed by atoms with van der Waals surface area (Å²) in [6, 6.07) is 7.40. The summed E-state index contributed by atoms with van der Waals surface area (Å²) in [5.74, 6) is -1.99. The summed E-state index contributed by atoms with van der Waals surface area (Å²) in [6.07, 6.45) is 0.607. The third-order valence-electron chi connectivity index (χ3n) is 4.40. The van der Waals surface area contributed by atoms with E-state index in [1.165, 1.54) is 0 Å². The molecule has 0 spiro atoms. The monoisotopic (exact) mass is 400 g/mol. The molecule has 2 rings (SSSR count). The number of hydrogen-bond acceptors (Lipinski definition) is 5. The largest absolute Gasteiger partial charge is 0.462 e. The Morgan fingerprint density at radius 3 is 2.34 bits per heavy atom. The predicted octanol–water partition coefficient (Wildman–Crippen LogP) is 3.20. The van der Waals surface area contributed by atoms with E-state index < -0.39 is 17.7 Å². The molecule has 29 heavy (non-hydrogen) atoms. The Hall–Kier alpha value is -2.93.